The largest absolute Gasteiger partial charge is 0.460 e. The number of rotatable bonds is 6. The number of carbonyl (C=O) groups is 1. The van der Waals surface area contributed by atoms with Crippen molar-refractivity contribution in [1.82, 2.24) is 30.0 Å². The predicted molar refractivity (Wildman–Crippen MR) is 163 cm³/mol. The minimum absolute atomic E-state index is 0.0315. The third kappa shape index (κ3) is 4.67. The molecule has 6 rings (SSSR count). The van der Waals surface area contributed by atoms with Crippen molar-refractivity contribution >= 4 is 33.5 Å². The van der Waals surface area contributed by atoms with Crippen molar-refractivity contribution in [2.75, 3.05) is 32.1 Å². The van der Waals surface area contributed by atoms with E-state index in [2.05, 4.69) is 47.6 Å². The van der Waals surface area contributed by atoms with Gasteiger partial charge in [0, 0.05) is 60.4 Å². The van der Waals surface area contributed by atoms with Crippen LogP contribution >= 0.6 is 0 Å². The second-order valence-corrected chi connectivity index (χ2v) is 12.1. The van der Waals surface area contributed by atoms with Crippen molar-refractivity contribution < 1.29 is 13.9 Å². The van der Waals surface area contributed by atoms with Crippen LogP contribution in [-0.2, 0) is 4.79 Å². The second kappa shape index (κ2) is 10.7. The van der Waals surface area contributed by atoms with Crippen molar-refractivity contribution in [2.45, 2.75) is 64.8 Å². The maximum Gasteiger partial charge on any atom is 0.319 e. The van der Waals surface area contributed by atoms with E-state index in [1.165, 1.54) is 6.08 Å². The fourth-order valence-corrected chi connectivity index (χ4v) is 6.41. The summed E-state index contributed by atoms with van der Waals surface area (Å²) in [5.41, 5.74) is 4.10. The van der Waals surface area contributed by atoms with Gasteiger partial charge < -0.3 is 19.4 Å². The Labute approximate surface area is 245 Å². The van der Waals surface area contributed by atoms with Crippen molar-refractivity contribution in [3.05, 3.63) is 54.0 Å². The normalized spacial score (nSPS) is 22.6. The highest BCUT2D eigenvalue weighted by Crippen LogP contribution is 2.41. The number of halogens is 1. The first-order valence-corrected chi connectivity index (χ1v) is 14.5. The maximum atomic E-state index is 16.9. The summed E-state index contributed by atoms with van der Waals surface area (Å²) >= 11 is 0. The lowest BCUT2D eigenvalue weighted by atomic mass is 9.88. The highest BCUT2D eigenvalue weighted by molar-refractivity contribution is 6.01. The van der Waals surface area contributed by atoms with Gasteiger partial charge in [0.1, 0.15) is 17.4 Å². The number of fused-ring (bicyclic) bond motifs is 2. The van der Waals surface area contributed by atoms with E-state index in [0.717, 1.165) is 40.4 Å². The summed E-state index contributed by atoms with van der Waals surface area (Å²) in [5, 5.41) is 8.70. The molecule has 0 bridgehead atoms. The third-order valence-electron chi connectivity index (χ3n) is 8.96. The number of hydrogen-bond acceptors (Lipinski definition) is 7. The SMILES string of the molecule is C=CC(=O)N1C[C@H](C)N(c2nc(OC3CC(N(C)C)C3)nc3c(F)c(-c4c(C)ccc5[nH]ncc45)c(C)cc23)C[C@H]1C. The fourth-order valence-electron chi connectivity index (χ4n) is 6.41. The van der Waals surface area contributed by atoms with Crippen LogP contribution in [0.2, 0.25) is 0 Å². The third-order valence-corrected chi connectivity index (χ3v) is 8.96. The number of carbonyl (C=O) groups excluding carboxylic acids is 1. The van der Waals surface area contributed by atoms with E-state index in [4.69, 9.17) is 14.7 Å². The molecule has 2 aromatic carbocycles. The van der Waals surface area contributed by atoms with Gasteiger partial charge in [-0.05, 0) is 76.7 Å². The molecule has 2 fully saturated rings. The van der Waals surface area contributed by atoms with Crippen molar-refractivity contribution in [3.63, 3.8) is 0 Å². The Kier molecular flexibility index (Phi) is 7.12. The van der Waals surface area contributed by atoms with Gasteiger partial charge in [-0.3, -0.25) is 9.89 Å². The number of anilines is 1. The Hall–Kier alpha value is -4.05. The number of nitrogens with one attached hydrogen (secondary N) is 1. The summed E-state index contributed by atoms with van der Waals surface area (Å²) in [4.78, 5) is 28.3. The molecule has 220 valence electrons. The highest BCUT2D eigenvalue weighted by atomic mass is 19.1. The summed E-state index contributed by atoms with van der Waals surface area (Å²) in [6.45, 7) is 12.7. The second-order valence-electron chi connectivity index (χ2n) is 12.1. The number of amides is 1. The molecule has 9 nitrogen and oxygen atoms in total. The Morgan fingerprint density at radius 1 is 1.10 bits per heavy atom. The van der Waals surface area contributed by atoms with Crippen LogP contribution in [0.1, 0.15) is 37.8 Å². The molecule has 4 aromatic rings. The first-order valence-electron chi connectivity index (χ1n) is 14.5. The first kappa shape index (κ1) is 28.1. The fraction of sp³-hybridized carbons (Fsp3) is 0.438. The van der Waals surface area contributed by atoms with Gasteiger partial charge in [0.25, 0.3) is 0 Å². The van der Waals surface area contributed by atoms with Crippen LogP contribution in [0.4, 0.5) is 10.2 Å². The number of ether oxygens (including phenoxy) is 1. The molecule has 1 aliphatic heterocycles. The first-order chi connectivity index (χ1) is 20.1. The van der Waals surface area contributed by atoms with E-state index in [9.17, 15) is 4.79 Å². The number of aryl methyl sites for hydroxylation is 2. The molecular weight excluding hydrogens is 533 g/mol. The molecule has 0 unspecified atom stereocenters. The van der Waals surface area contributed by atoms with Crippen LogP contribution < -0.4 is 9.64 Å². The van der Waals surface area contributed by atoms with Gasteiger partial charge in [0.15, 0.2) is 5.82 Å². The van der Waals surface area contributed by atoms with Gasteiger partial charge in [0.2, 0.25) is 5.91 Å². The number of benzene rings is 2. The van der Waals surface area contributed by atoms with Gasteiger partial charge in [-0.15, -0.1) is 0 Å². The zero-order chi connectivity index (χ0) is 29.9. The molecule has 1 amide bonds. The molecule has 0 radical (unpaired) electrons. The monoisotopic (exact) mass is 571 g/mol. The summed E-state index contributed by atoms with van der Waals surface area (Å²) < 4.78 is 23.2. The number of hydrogen-bond donors (Lipinski definition) is 1. The van der Waals surface area contributed by atoms with Gasteiger partial charge >= 0.3 is 6.01 Å². The number of nitrogens with zero attached hydrogens (tertiary/aromatic N) is 6. The minimum atomic E-state index is -0.406. The molecule has 2 aliphatic rings. The molecule has 42 heavy (non-hydrogen) atoms. The quantitative estimate of drug-likeness (QED) is 0.325. The molecular formula is C32H38FN7O2. The van der Waals surface area contributed by atoms with E-state index in [1.807, 2.05) is 43.9 Å². The zero-order valence-electron chi connectivity index (χ0n) is 25.1. The highest BCUT2D eigenvalue weighted by Gasteiger charge is 2.36. The molecule has 0 spiro atoms. The minimum Gasteiger partial charge on any atom is -0.460 e. The lowest BCUT2D eigenvalue weighted by molar-refractivity contribution is -0.128. The van der Waals surface area contributed by atoms with Crippen molar-refractivity contribution in [1.29, 1.82) is 0 Å². The molecule has 1 saturated heterocycles. The average molecular weight is 572 g/mol. The van der Waals surface area contributed by atoms with Crippen LogP contribution in [0.5, 0.6) is 6.01 Å². The zero-order valence-corrected chi connectivity index (χ0v) is 25.1. The number of aromatic nitrogens is 4. The van der Waals surface area contributed by atoms with Gasteiger partial charge in [-0.1, -0.05) is 12.6 Å². The number of aromatic amines is 1. The Morgan fingerprint density at radius 3 is 2.57 bits per heavy atom. The maximum absolute atomic E-state index is 16.9. The standard InChI is InChI=1S/C32H38FN7O2/c1-8-26(41)39-15-20(5)40(16-19(39)4)31-23-11-18(3)28(27-17(2)9-10-25-24(27)14-34-37-25)29(33)30(23)35-32(36-31)42-22-12-21(13-22)38(6)7/h8-11,14,19-22H,1,12-13,15-16H2,2-7H3,(H,34,37)/t19-,20+,21?,22?/m1/s1. The van der Waals surface area contributed by atoms with E-state index >= 15 is 4.39 Å². The molecule has 1 aliphatic carbocycles. The van der Waals surface area contributed by atoms with Crippen LogP contribution in [0.3, 0.4) is 0 Å². The molecule has 2 atom stereocenters. The average Bonchev–Trinajstić information content (AvgIpc) is 3.41. The Morgan fingerprint density at radius 2 is 1.86 bits per heavy atom. The summed E-state index contributed by atoms with van der Waals surface area (Å²) in [5.74, 6) is 0.118. The van der Waals surface area contributed by atoms with Gasteiger partial charge in [0.05, 0.1) is 11.7 Å². The number of piperazine rings is 1. The molecule has 1 N–H and O–H groups in total. The lowest BCUT2D eigenvalue weighted by Crippen LogP contribution is -2.58. The lowest BCUT2D eigenvalue weighted by Gasteiger charge is -2.44. The smallest absolute Gasteiger partial charge is 0.319 e. The van der Waals surface area contributed by atoms with E-state index in [0.29, 0.717) is 35.9 Å². The molecule has 10 heteroatoms. The summed E-state index contributed by atoms with van der Waals surface area (Å²) in [6, 6.07) is 6.38. The van der Waals surface area contributed by atoms with Crippen LogP contribution in [0.15, 0.2) is 37.1 Å². The summed E-state index contributed by atoms with van der Waals surface area (Å²) in [7, 11) is 4.12. The Balaban J connectivity index is 1.50. The predicted octanol–water partition coefficient (Wildman–Crippen LogP) is 5.01. The topological polar surface area (TPSA) is 90.5 Å². The van der Waals surface area contributed by atoms with Crippen LogP contribution in [0, 0.1) is 19.7 Å². The van der Waals surface area contributed by atoms with E-state index in [-0.39, 0.29) is 35.6 Å². The molecule has 3 heterocycles. The van der Waals surface area contributed by atoms with Crippen molar-refractivity contribution in [3.8, 4) is 17.1 Å². The van der Waals surface area contributed by atoms with E-state index in [1.54, 1.807) is 6.20 Å². The molecule has 2 aromatic heterocycles. The Bertz CT molecular complexity index is 1690. The van der Waals surface area contributed by atoms with Crippen molar-refractivity contribution in [2.24, 2.45) is 0 Å². The van der Waals surface area contributed by atoms with E-state index < -0.39 is 5.82 Å². The van der Waals surface area contributed by atoms with Crippen LogP contribution in [0.25, 0.3) is 32.9 Å². The van der Waals surface area contributed by atoms with Gasteiger partial charge in [-0.2, -0.15) is 15.1 Å². The molecule has 1 saturated carbocycles. The summed E-state index contributed by atoms with van der Waals surface area (Å²) in [6.07, 6.45) is 4.79. The van der Waals surface area contributed by atoms with Crippen LogP contribution in [-0.4, -0.2) is 87.3 Å². The van der Waals surface area contributed by atoms with Gasteiger partial charge in [-0.25, -0.2) is 4.39 Å². The number of H-pyrrole nitrogens is 1.